The van der Waals surface area contributed by atoms with Gasteiger partial charge < -0.3 is 9.64 Å². The molecule has 0 aromatic heterocycles. The lowest BCUT2D eigenvalue weighted by atomic mass is 9.71. The molecule has 3 aromatic rings. The molecule has 1 fully saturated rings. The average molecular weight is 433 g/mol. The van der Waals surface area contributed by atoms with Crippen LogP contribution in [0, 0.1) is 6.92 Å². The molecule has 0 spiro atoms. The number of anilines is 1. The van der Waals surface area contributed by atoms with Crippen molar-refractivity contribution in [2.75, 3.05) is 24.4 Å². The number of nitrogens with zero attached hydrogens (tertiary/aromatic N) is 2. The van der Waals surface area contributed by atoms with Crippen molar-refractivity contribution >= 4 is 15.7 Å². The van der Waals surface area contributed by atoms with Gasteiger partial charge in [0, 0.05) is 30.6 Å². The van der Waals surface area contributed by atoms with Crippen LogP contribution in [0.15, 0.2) is 77.7 Å². The van der Waals surface area contributed by atoms with Crippen LogP contribution in [-0.2, 0) is 21.2 Å². The molecule has 6 heteroatoms. The fourth-order valence-corrected chi connectivity index (χ4v) is 7.60. The second-order valence-corrected chi connectivity index (χ2v) is 10.7. The van der Waals surface area contributed by atoms with Gasteiger partial charge in [-0.1, -0.05) is 54.1 Å². The summed E-state index contributed by atoms with van der Waals surface area (Å²) in [7, 11) is -1.79. The number of para-hydroxylation sites is 2. The van der Waals surface area contributed by atoms with Gasteiger partial charge in [0.1, 0.15) is 11.3 Å². The Kier molecular flexibility index (Phi) is 3.73. The van der Waals surface area contributed by atoms with Gasteiger partial charge >= 0.3 is 0 Å². The smallest absolute Gasteiger partial charge is 0.265 e. The minimum Gasteiger partial charge on any atom is -0.479 e. The third kappa shape index (κ3) is 2.21. The molecular formula is C25H24N2O3S. The quantitative estimate of drug-likeness (QED) is 0.614. The zero-order valence-electron chi connectivity index (χ0n) is 17.6. The van der Waals surface area contributed by atoms with Gasteiger partial charge in [0.15, 0.2) is 5.60 Å². The van der Waals surface area contributed by atoms with Gasteiger partial charge in [-0.05, 0) is 38.2 Å². The van der Waals surface area contributed by atoms with Gasteiger partial charge in [-0.25, -0.2) is 12.7 Å². The Balaban J connectivity index is 1.70. The highest BCUT2D eigenvalue weighted by Crippen LogP contribution is 2.67. The Morgan fingerprint density at radius 2 is 1.58 bits per heavy atom. The molecule has 0 aliphatic carbocycles. The first-order chi connectivity index (χ1) is 14.9. The normalized spacial score (nSPS) is 26.6. The van der Waals surface area contributed by atoms with Crippen molar-refractivity contribution in [1.29, 1.82) is 0 Å². The molecular weight excluding hydrogens is 408 g/mol. The molecule has 31 heavy (non-hydrogen) atoms. The molecule has 0 N–H and O–H groups in total. The summed E-state index contributed by atoms with van der Waals surface area (Å²) < 4.78 is 36.9. The van der Waals surface area contributed by atoms with Crippen LogP contribution in [0.25, 0.3) is 0 Å². The molecule has 5 nitrogen and oxygen atoms in total. The van der Waals surface area contributed by atoms with Gasteiger partial charge in [-0.2, -0.15) is 0 Å². The Hall–Kier alpha value is -2.83. The zero-order chi connectivity index (χ0) is 21.4. The van der Waals surface area contributed by atoms with Gasteiger partial charge in [-0.15, -0.1) is 0 Å². The van der Waals surface area contributed by atoms with Gasteiger partial charge in [0.05, 0.1) is 10.6 Å². The third-order valence-corrected chi connectivity index (χ3v) is 8.95. The first kappa shape index (κ1) is 18.9. The molecule has 0 amide bonds. The van der Waals surface area contributed by atoms with Crippen molar-refractivity contribution in [3.8, 4) is 5.75 Å². The van der Waals surface area contributed by atoms with E-state index in [-0.39, 0.29) is 0 Å². The lowest BCUT2D eigenvalue weighted by Gasteiger charge is -2.49. The number of ether oxygens (including phenoxy) is 1. The van der Waals surface area contributed by atoms with Crippen LogP contribution in [-0.4, -0.2) is 33.5 Å². The highest BCUT2D eigenvalue weighted by molar-refractivity contribution is 7.93. The number of hydrogen-bond acceptors (Lipinski definition) is 4. The van der Waals surface area contributed by atoms with E-state index in [2.05, 4.69) is 11.9 Å². The summed E-state index contributed by atoms with van der Waals surface area (Å²) in [5.74, 6) is 0.774. The lowest BCUT2D eigenvalue weighted by Crippen LogP contribution is -2.64. The monoisotopic (exact) mass is 432 g/mol. The van der Waals surface area contributed by atoms with E-state index in [9.17, 15) is 8.42 Å². The lowest BCUT2D eigenvalue weighted by molar-refractivity contribution is -0.0311. The van der Waals surface area contributed by atoms with Crippen molar-refractivity contribution < 1.29 is 13.2 Å². The molecule has 0 saturated carbocycles. The summed E-state index contributed by atoms with van der Waals surface area (Å²) in [5.41, 5.74) is 2.04. The van der Waals surface area contributed by atoms with E-state index in [0.29, 0.717) is 17.1 Å². The van der Waals surface area contributed by atoms with Gasteiger partial charge in [-0.3, -0.25) is 0 Å². The van der Waals surface area contributed by atoms with Gasteiger partial charge in [0.2, 0.25) is 0 Å². The molecule has 0 unspecified atom stereocenters. The van der Waals surface area contributed by atoms with Crippen molar-refractivity contribution in [3.05, 3.63) is 89.5 Å². The van der Waals surface area contributed by atoms with E-state index < -0.39 is 21.2 Å². The van der Waals surface area contributed by atoms with E-state index in [1.807, 2.05) is 67.6 Å². The maximum absolute atomic E-state index is 14.3. The van der Waals surface area contributed by atoms with E-state index >= 15 is 0 Å². The van der Waals surface area contributed by atoms with Gasteiger partial charge in [0.25, 0.3) is 10.0 Å². The first-order valence-electron chi connectivity index (χ1n) is 10.6. The molecule has 158 valence electrons. The fraction of sp³-hybridized carbons (Fsp3) is 0.280. The molecule has 3 aliphatic heterocycles. The first-order valence-corrected chi connectivity index (χ1v) is 12.0. The van der Waals surface area contributed by atoms with Crippen LogP contribution >= 0.6 is 0 Å². The van der Waals surface area contributed by atoms with E-state index in [1.165, 1.54) is 0 Å². The molecule has 0 bridgehead atoms. The van der Waals surface area contributed by atoms with Crippen molar-refractivity contribution in [2.24, 2.45) is 0 Å². The number of likely N-dealkylation sites (N-methyl/N-ethyl adjacent to an activating group) is 1. The molecule has 3 aromatic carbocycles. The average Bonchev–Trinajstić information content (AvgIpc) is 3.19. The topological polar surface area (TPSA) is 49.9 Å². The summed E-state index contributed by atoms with van der Waals surface area (Å²) in [6, 6.07) is 22.9. The largest absolute Gasteiger partial charge is 0.479 e. The van der Waals surface area contributed by atoms with Crippen molar-refractivity contribution in [1.82, 2.24) is 4.90 Å². The second-order valence-electron chi connectivity index (χ2n) is 8.87. The predicted molar refractivity (Wildman–Crippen MR) is 120 cm³/mol. The Morgan fingerprint density at radius 1 is 0.903 bits per heavy atom. The summed E-state index contributed by atoms with van der Waals surface area (Å²) in [6.07, 6.45) is 0.717. The summed E-state index contributed by atoms with van der Waals surface area (Å²) in [6.45, 7) is 3.36. The molecule has 3 heterocycles. The van der Waals surface area contributed by atoms with Crippen molar-refractivity contribution in [2.45, 2.75) is 29.4 Å². The van der Waals surface area contributed by atoms with Crippen molar-refractivity contribution in [3.63, 3.8) is 0 Å². The minimum atomic E-state index is -3.85. The zero-order valence-corrected chi connectivity index (χ0v) is 18.4. The number of likely N-dealkylation sites (tertiary alicyclic amines) is 1. The number of piperidine rings is 1. The standard InChI is InChI=1S/C25H24N2O3S/c1-18-11-13-19(14-12-18)31(28,29)27-22-9-5-3-7-20(22)25-15-16-26(2)17-24(25,27)21-8-4-6-10-23(21)30-25/h3-14H,15-17H2,1-2H3/t24-,25-/m1/s1. The highest BCUT2D eigenvalue weighted by Gasteiger charge is 2.73. The Bertz CT molecular complexity index is 1300. The summed E-state index contributed by atoms with van der Waals surface area (Å²) in [4.78, 5) is 2.52. The molecule has 3 aliphatic rings. The maximum atomic E-state index is 14.3. The Morgan fingerprint density at radius 3 is 2.35 bits per heavy atom. The summed E-state index contributed by atoms with van der Waals surface area (Å²) in [5, 5.41) is 0. The third-order valence-electron chi connectivity index (χ3n) is 7.09. The van der Waals surface area contributed by atoms with Crippen LogP contribution in [0.3, 0.4) is 0 Å². The number of benzene rings is 3. The molecule has 6 rings (SSSR count). The summed E-state index contributed by atoms with van der Waals surface area (Å²) >= 11 is 0. The highest BCUT2D eigenvalue weighted by atomic mass is 32.2. The Labute approximate surface area is 182 Å². The van der Waals surface area contributed by atoms with Crippen LogP contribution in [0.2, 0.25) is 0 Å². The molecule has 2 atom stereocenters. The fourth-order valence-electron chi connectivity index (χ4n) is 5.77. The van der Waals surface area contributed by atoms with E-state index in [0.717, 1.165) is 35.4 Å². The van der Waals surface area contributed by atoms with Crippen LogP contribution in [0.4, 0.5) is 5.69 Å². The van der Waals surface area contributed by atoms with Crippen LogP contribution in [0.5, 0.6) is 5.75 Å². The molecule has 0 radical (unpaired) electrons. The predicted octanol–water partition coefficient (Wildman–Crippen LogP) is 4.02. The van der Waals surface area contributed by atoms with E-state index in [4.69, 9.17) is 4.74 Å². The second kappa shape index (κ2) is 6.11. The number of rotatable bonds is 2. The SMILES string of the molecule is Cc1ccc(S(=O)(=O)N2c3ccccc3[C@]34CCN(C)C[C@]23c2ccccc2O4)cc1. The number of hydrogen-bond donors (Lipinski definition) is 0. The maximum Gasteiger partial charge on any atom is 0.265 e. The van der Waals surface area contributed by atoms with Crippen LogP contribution in [0.1, 0.15) is 23.1 Å². The minimum absolute atomic E-state index is 0.302. The molecule has 1 saturated heterocycles. The number of aryl methyl sites for hydroxylation is 1. The van der Waals surface area contributed by atoms with E-state index in [1.54, 1.807) is 16.4 Å². The van der Waals surface area contributed by atoms with Crippen LogP contribution < -0.4 is 9.04 Å². The number of sulfonamides is 1. The number of fused-ring (bicyclic) bond motifs is 2.